The first-order valence-electron chi connectivity index (χ1n) is 5.26. The summed E-state index contributed by atoms with van der Waals surface area (Å²) >= 11 is 3.36. The fourth-order valence-electron chi connectivity index (χ4n) is 1.84. The monoisotopic (exact) mass is 270 g/mol. The van der Waals surface area contributed by atoms with Crippen LogP contribution in [0.2, 0.25) is 0 Å². The van der Waals surface area contributed by atoms with Crippen molar-refractivity contribution in [2.24, 2.45) is 5.92 Å². The van der Waals surface area contributed by atoms with Gasteiger partial charge >= 0.3 is 0 Å². The Hall–Kier alpha value is -0.610. The minimum absolute atomic E-state index is 0.400. The summed E-state index contributed by atoms with van der Waals surface area (Å²) < 4.78 is 6.32. The lowest BCUT2D eigenvalue weighted by atomic mass is 10.0. The van der Waals surface area contributed by atoms with Gasteiger partial charge in [0, 0.05) is 5.92 Å². The molecule has 82 valence electrons. The van der Waals surface area contributed by atoms with Crippen molar-refractivity contribution >= 4 is 21.7 Å². The summed E-state index contributed by atoms with van der Waals surface area (Å²) in [6.07, 6.45) is 1.14. The quantitative estimate of drug-likeness (QED) is 0.858. The average molecular weight is 271 g/mol. The fraction of sp³-hybridized carbons (Fsp3) is 0.545. The Balaban J connectivity index is 2.02. The third-order valence-electron chi connectivity index (χ3n) is 2.77. The SMILES string of the molecule is CCC1COCC1Nc1cccc(Br)n1. The molecule has 4 heteroatoms. The Bertz CT molecular complexity index is 332. The van der Waals surface area contributed by atoms with E-state index in [9.17, 15) is 0 Å². The highest BCUT2D eigenvalue weighted by molar-refractivity contribution is 9.10. The van der Waals surface area contributed by atoms with Crippen molar-refractivity contribution in [1.82, 2.24) is 4.98 Å². The van der Waals surface area contributed by atoms with Gasteiger partial charge in [0.05, 0.1) is 19.3 Å². The van der Waals surface area contributed by atoms with Crippen molar-refractivity contribution in [2.45, 2.75) is 19.4 Å². The molecule has 1 aromatic heterocycles. The number of hydrogen-bond acceptors (Lipinski definition) is 3. The minimum Gasteiger partial charge on any atom is -0.379 e. The van der Waals surface area contributed by atoms with E-state index in [1.165, 1.54) is 0 Å². The number of rotatable bonds is 3. The molecule has 0 saturated carbocycles. The molecule has 0 radical (unpaired) electrons. The third kappa shape index (κ3) is 2.69. The molecule has 2 unspecified atom stereocenters. The highest BCUT2D eigenvalue weighted by Gasteiger charge is 2.26. The molecule has 2 atom stereocenters. The summed E-state index contributed by atoms with van der Waals surface area (Å²) in [6.45, 7) is 3.84. The lowest BCUT2D eigenvalue weighted by Crippen LogP contribution is -2.27. The first-order chi connectivity index (χ1) is 7.29. The molecule has 3 nitrogen and oxygen atoms in total. The van der Waals surface area contributed by atoms with E-state index < -0.39 is 0 Å². The minimum atomic E-state index is 0.400. The summed E-state index contributed by atoms with van der Waals surface area (Å²) in [6, 6.07) is 6.29. The predicted octanol–water partition coefficient (Wildman–Crippen LogP) is 2.68. The molecular formula is C11H15BrN2O. The third-order valence-corrected chi connectivity index (χ3v) is 3.21. The molecule has 0 aliphatic carbocycles. The molecule has 1 N–H and O–H groups in total. The molecule has 2 rings (SSSR count). The maximum atomic E-state index is 5.46. The van der Waals surface area contributed by atoms with Crippen LogP contribution in [0.5, 0.6) is 0 Å². The van der Waals surface area contributed by atoms with E-state index in [2.05, 4.69) is 33.2 Å². The van der Waals surface area contributed by atoms with Crippen LogP contribution in [0, 0.1) is 5.92 Å². The summed E-state index contributed by atoms with van der Waals surface area (Å²) in [4.78, 5) is 4.36. The van der Waals surface area contributed by atoms with Gasteiger partial charge in [-0.15, -0.1) is 0 Å². The Morgan fingerprint density at radius 1 is 1.53 bits per heavy atom. The van der Waals surface area contributed by atoms with Crippen LogP contribution in [0.1, 0.15) is 13.3 Å². The second kappa shape index (κ2) is 4.94. The number of anilines is 1. The average Bonchev–Trinajstić information content (AvgIpc) is 2.65. The normalized spacial score (nSPS) is 25.5. The van der Waals surface area contributed by atoms with Gasteiger partial charge < -0.3 is 10.1 Å². The predicted molar refractivity (Wildman–Crippen MR) is 63.9 cm³/mol. The van der Waals surface area contributed by atoms with Gasteiger partial charge in [-0.2, -0.15) is 0 Å². The number of pyridine rings is 1. The van der Waals surface area contributed by atoms with Crippen molar-refractivity contribution in [3.63, 3.8) is 0 Å². The van der Waals surface area contributed by atoms with Gasteiger partial charge in [-0.1, -0.05) is 13.0 Å². The maximum absolute atomic E-state index is 5.46. The molecule has 0 aromatic carbocycles. The van der Waals surface area contributed by atoms with Crippen LogP contribution in [-0.4, -0.2) is 24.2 Å². The molecule has 1 fully saturated rings. The van der Waals surface area contributed by atoms with Gasteiger partial charge in [-0.25, -0.2) is 4.98 Å². The standard InChI is InChI=1S/C11H15BrN2O/c1-2-8-6-15-7-9(8)13-11-5-3-4-10(12)14-11/h3-5,8-9H,2,6-7H2,1H3,(H,13,14). The Labute approximate surface area is 98.4 Å². The van der Waals surface area contributed by atoms with Crippen LogP contribution >= 0.6 is 15.9 Å². The van der Waals surface area contributed by atoms with Gasteiger partial charge in [0.25, 0.3) is 0 Å². The van der Waals surface area contributed by atoms with Crippen LogP contribution < -0.4 is 5.32 Å². The number of nitrogens with one attached hydrogen (secondary N) is 1. The van der Waals surface area contributed by atoms with Gasteiger partial charge in [-0.3, -0.25) is 0 Å². The topological polar surface area (TPSA) is 34.1 Å². The largest absolute Gasteiger partial charge is 0.379 e. The Morgan fingerprint density at radius 3 is 3.13 bits per heavy atom. The van der Waals surface area contributed by atoms with Gasteiger partial charge in [0.1, 0.15) is 10.4 Å². The molecule has 0 spiro atoms. The van der Waals surface area contributed by atoms with E-state index >= 15 is 0 Å². The van der Waals surface area contributed by atoms with E-state index in [4.69, 9.17) is 4.74 Å². The Kier molecular flexibility index (Phi) is 3.59. The fourth-order valence-corrected chi connectivity index (χ4v) is 2.18. The zero-order chi connectivity index (χ0) is 10.7. The lowest BCUT2D eigenvalue weighted by Gasteiger charge is -2.17. The maximum Gasteiger partial charge on any atom is 0.127 e. The van der Waals surface area contributed by atoms with E-state index in [1.807, 2.05) is 18.2 Å². The molecule has 1 saturated heterocycles. The zero-order valence-electron chi connectivity index (χ0n) is 8.74. The van der Waals surface area contributed by atoms with Crippen molar-refractivity contribution in [1.29, 1.82) is 0 Å². The summed E-state index contributed by atoms with van der Waals surface area (Å²) in [5, 5.41) is 3.42. The first kappa shape index (κ1) is 10.9. The number of ether oxygens (including phenoxy) is 1. The molecular weight excluding hydrogens is 256 g/mol. The molecule has 1 aliphatic rings. The van der Waals surface area contributed by atoms with E-state index in [1.54, 1.807) is 0 Å². The van der Waals surface area contributed by atoms with Crippen molar-refractivity contribution < 1.29 is 4.74 Å². The number of nitrogens with zero attached hydrogens (tertiary/aromatic N) is 1. The smallest absolute Gasteiger partial charge is 0.127 e. The van der Waals surface area contributed by atoms with Crippen LogP contribution in [0.15, 0.2) is 22.8 Å². The number of hydrogen-bond donors (Lipinski definition) is 1. The molecule has 0 bridgehead atoms. The second-order valence-corrected chi connectivity index (χ2v) is 4.61. The zero-order valence-corrected chi connectivity index (χ0v) is 10.3. The van der Waals surface area contributed by atoms with Crippen LogP contribution in [0.4, 0.5) is 5.82 Å². The van der Waals surface area contributed by atoms with E-state index in [0.717, 1.165) is 30.1 Å². The van der Waals surface area contributed by atoms with Crippen molar-refractivity contribution in [2.75, 3.05) is 18.5 Å². The molecule has 2 heterocycles. The van der Waals surface area contributed by atoms with Gasteiger partial charge in [0.2, 0.25) is 0 Å². The summed E-state index contributed by atoms with van der Waals surface area (Å²) in [7, 11) is 0. The number of aromatic nitrogens is 1. The summed E-state index contributed by atoms with van der Waals surface area (Å²) in [5.74, 6) is 1.52. The van der Waals surface area contributed by atoms with Gasteiger partial charge in [0.15, 0.2) is 0 Å². The molecule has 15 heavy (non-hydrogen) atoms. The van der Waals surface area contributed by atoms with Crippen LogP contribution in [-0.2, 0) is 4.74 Å². The van der Waals surface area contributed by atoms with Crippen molar-refractivity contribution in [3.05, 3.63) is 22.8 Å². The summed E-state index contributed by atoms with van der Waals surface area (Å²) in [5.41, 5.74) is 0. The first-order valence-corrected chi connectivity index (χ1v) is 6.05. The van der Waals surface area contributed by atoms with Crippen LogP contribution in [0.25, 0.3) is 0 Å². The lowest BCUT2D eigenvalue weighted by molar-refractivity contribution is 0.184. The Morgan fingerprint density at radius 2 is 2.40 bits per heavy atom. The highest BCUT2D eigenvalue weighted by atomic mass is 79.9. The van der Waals surface area contributed by atoms with Gasteiger partial charge in [-0.05, 0) is 34.5 Å². The molecule has 1 aromatic rings. The van der Waals surface area contributed by atoms with Crippen molar-refractivity contribution in [3.8, 4) is 0 Å². The molecule has 0 amide bonds. The highest BCUT2D eigenvalue weighted by Crippen LogP contribution is 2.21. The second-order valence-electron chi connectivity index (χ2n) is 3.80. The van der Waals surface area contributed by atoms with Crippen LogP contribution in [0.3, 0.4) is 0 Å². The molecule has 1 aliphatic heterocycles. The number of halogens is 1. The van der Waals surface area contributed by atoms with E-state index in [-0.39, 0.29) is 0 Å². The van der Waals surface area contributed by atoms with E-state index in [0.29, 0.717) is 12.0 Å².